The Balaban J connectivity index is 1.98. The third kappa shape index (κ3) is 3.55. The van der Waals surface area contributed by atoms with Gasteiger partial charge >= 0.3 is 0 Å². The highest BCUT2D eigenvalue weighted by molar-refractivity contribution is 7.80. The molecule has 0 bridgehead atoms. The lowest BCUT2D eigenvalue weighted by molar-refractivity contribution is 1.00. The summed E-state index contributed by atoms with van der Waals surface area (Å²) in [7, 11) is 0. The van der Waals surface area contributed by atoms with E-state index in [1.807, 2.05) is 42.5 Å². The van der Waals surface area contributed by atoms with Gasteiger partial charge in [0.25, 0.3) is 0 Å². The van der Waals surface area contributed by atoms with Crippen LogP contribution in [-0.4, -0.2) is 10.1 Å². The van der Waals surface area contributed by atoms with Gasteiger partial charge in [-0.1, -0.05) is 41.4 Å². The molecule has 0 aliphatic heterocycles. The molecule has 3 nitrogen and oxygen atoms in total. The number of anilines is 1. The van der Waals surface area contributed by atoms with Crippen LogP contribution in [0.2, 0.25) is 10.2 Å². The molecule has 1 aromatic heterocycles. The molecule has 0 saturated heterocycles. The third-order valence-electron chi connectivity index (χ3n) is 3.48. The van der Waals surface area contributed by atoms with E-state index in [4.69, 9.17) is 41.2 Å². The summed E-state index contributed by atoms with van der Waals surface area (Å²) in [4.78, 5) is 6.22. The standard InChI is InChI=1S/C17H13Cl2N3S/c18-13-5-7-14(8-6-13)22(17(20)23)10-12-9-11-3-1-2-4-15(11)21-16(12)19/h1-9H,10H2,(H2,20,23). The average Bonchev–Trinajstić information content (AvgIpc) is 2.53. The fourth-order valence-corrected chi connectivity index (χ4v) is 2.84. The van der Waals surface area contributed by atoms with E-state index in [-0.39, 0.29) is 5.11 Å². The Bertz CT molecular complexity index is 865. The number of thiocarbonyl (C=S) groups is 1. The SMILES string of the molecule is NC(=S)N(Cc1cc2ccccc2nc1Cl)c1ccc(Cl)cc1. The van der Waals surface area contributed by atoms with Crippen LogP contribution < -0.4 is 10.6 Å². The first-order valence-electron chi connectivity index (χ1n) is 6.91. The molecule has 0 atom stereocenters. The molecule has 116 valence electrons. The van der Waals surface area contributed by atoms with Gasteiger partial charge in [0.15, 0.2) is 5.11 Å². The minimum absolute atomic E-state index is 0.261. The number of para-hydroxylation sites is 1. The van der Waals surface area contributed by atoms with E-state index in [1.54, 1.807) is 17.0 Å². The van der Waals surface area contributed by atoms with Crippen molar-refractivity contribution in [3.8, 4) is 0 Å². The van der Waals surface area contributed by atoms with Gasteiger partial charge in [0.1, 0.15) is 5.15 Å². The summed E-state index contributed by atoms with van der Waals surface area (Å²) >= 11 is 17.4. The molecule has 0 amide bonds. The highest BCUT2D eigenvalue weighted by Gasteiger charge is 2.14. The van der Waals surface area contributed by atoms with Gasteiger partial charge in [0.05, 0.1) is 12.1 Å². The largest absolute Gasteiger partial charge is 0.376 e. The van der Waals surface area contributed by atoms with Gasteiger partial charge in [-0.2, -0.15) is 0 Å². The predicted octanol–water partition coefficient (Wildman–Crippen LogP) is 4.79. The van der Waals surface area contributed by atoms with E-state index in [2.05, 4.69) is 4.98 Å². The molecule has 0 spiro atoms. The van der Waals surface area contributed by atoms with Gasteiger partial charge in [0.2, 0.25) is 0 Å². The van der Waals surface area contributed by atoms with Crippen LogP contribution in [0.5, 0.6) is 0 Å². The van der Waals surface area contributed by atoms with E-state index >= 15 is 0 Å². The zero-order valence-corrected chi connectivity index (χ0v) is 14.4. The summed E-state index contributed by atoms with van der Waals surface area (Å²) in [6.45, 7) is 0.438. The molecule has 6 heteroatoms. The number of fused-ring (bicyclic) bond motifs is 1. The quantitative estimate of drug-likeness (QED) is 0.537. The van der Waals surface area contributed by atoms with Crippen molar-refractivity contribution in [3.05, 3.63) is 70.3 Å². The second-order valence-electron chi connectivity index (χ2n) is 5.03. The van der Waals surface area contributed by atoms with Gasteiger partial charge in [0, 0.05) is 21.7 Å². The zero-order chi connectivity index (χ0) is 16.4. The van der Waals surface area contributed by atoms with Crippen LogP contribution in [0.3, 0.4) is 0 Å². The molecule has 1 heterocycles. The van der Waals surface area contributed by atoms with E-state index in [9.17, 15) is 0 Å². The molecule has 3 aromatic rings. The van der Waals surface area contributed by atoms with Crippen molar-refractivity contribution in [3.63, 3.8) is 0 Å². The lowest BCUT2D eigenvalue weighted by atomic mass is 10.1. The Hall–Kier alpha value is -1.88. The first-order valence-corrected chi connectivity index (χ1v) is 8.08. The molecule has 2 N–H and O–H groups in total. The number of hydrogen-bond acceptors (Lipinski definition) is 2. The number of nitrogens with two attached hydrogens (primary N) is 1. The van der Waals surface area contributed by atoms with Crippen molar-refractivity contribution < 1.29 is 0 Å². The van der Waals surface area contributed by atoms with Gasteiger partial charge in [-0.15, -0.1) is 0 Å². The number of nitrogens with zero attached hydrogens (tertiary/aromatic N) is 2. The number of pyridine rings is 1. The molecule has 0 unspecified atom stereocenters. The van der Waals surface area contributed by atoms with Crippen LogP contribution in [0, 0.1) is 0 Å². The zero-order valence-electron chi connectivity index (χ0n) is 12.0. The maximum absolute atomic E-state index is 6.32. The molecule has 0 saturated carbocycles. The Morgan fingerprint density at radius 3 is 2.48 bits per heavy atom. The summed E-state index contributed by atoms with van der Waals surface area (Å²) in [6.07, 6.45) is 0. The van der Waals surface area contributed by atoms with Gasteiger partial charge in [-0.3, -0.25) is 0 Å². The second-order valence-corrected chi connectivity index (χ2v) is 6.24. The Kier molecular flexibility index (Phi) is 4.66. The van der Waals surface area contributed by atoms with Crippen LogP contribution in [-0.2, 0) is 6.54 Å². The Labute approximate surface area is 149 Å². The van der Waals surface area contributed by atoms with Crippen molar-refractivity contribution in [2.45, 2.75) is 6.54 Å². The van der Waals surface area contributed by atoms with E-state index in [0.29, 0.717) is 16.7 Å². The Morgan fingerprint density at radius 2 is 1.78 bits per heavy atom. The fraction of sp³-hybridized carbons (Fsp3) is 0.0588. The number of benzene rings is 2. The minimum Gasteiger partial charge on any atom is -0.376 e. The first-order chi connectivity index (χ1) is 11.0. The van der Waals surface area contributed by atoms with Gasteiger partial charge in [-0.05, 0) is 48.6 Å². The highest BCUT2D eigenvalue weighted by Crippen LogP contribution is 2.25. The maximum atomic E-state index is 6.32. The first kappa shape index (κ1) is 16.0. The minimum atomic E-state index is 0.261. The molecule has 2 aromatic carbocycles. The summed E-state index contributed by atoms with van der Waals surface area (Å²) in [6, 6.07) is 17.1. The highest BCUT2D eigenvalue weighted by atomic mass is 35.5. The topological polar surface area (TPSA) is 42.1 Å². The van der Waals surface area contributed by atoms with Crippen molar-refractivity contribution in [2.75, 3.05) is 4.90 Å². The fourth-order valence-electron chi connectivity index (χ4n) is 2.33. The molecule has 0 aliphatic rings. The van der Waals surface area contributed by atoms with Crippen molar-refractivity contribution >= 4 is 57.1 Å². The van der Waals surface area contributed by atoms with Crippen molar-refractivity contribution in [2.24, 2.45) is 5.73 Å². The monoisotopic (exact) mass is 361 g/mol. The van der Waals surface area contributed by atoms with Crippen LogP contribution in [0.15, 0.2) is 54.6 Å². The normalized spacial score (nSPS) is 10.7. The van der Waals surface area contributed by atoms with Crippen LogP contribution in [0.4, 0.5) is 5.69 Å². The van der Waals surface area contributed by atoms with E-state index in [1.165, 1.54) is 0 Å². The van der Waals surface area contributed by atoms with E-state index < -0.39 is 0 Å². The lowest BCUT2D eigenvalue weighted by Crippen LogP contribution is -2.35. The van der Waals surface area contributed by atoms with Gasteiger partial charge in [-0.25, -0.2) is 4.98 Å². The number of hydrogen-bond donors (Lipinski definition) is 1. The molecule has 0 fully saturated rings. The summed E-state index contributed by atoms with van der Waals surface area (Å²) in [5.41, 5.74) is 8.44. The van der Waals surface area contributed by atoms with E-state index in [0.717, 1.165) is 22.2 Å². The maximum Gasteiger partial charge on any atom is 0.171 e. The molecule has 0 aliphatic carbocycles. The number of halogens is 2. The molecule has 3 rings (SSSR count). The predicted molar refractivity (Wildman–Crippen MR) is 101 cm³/mol. The molecule has 23 heavy (non-hydrogen) atoms. The van der Waals surface area contributed by atoms with Crippen molar-refractivity contribution in [1.82, 2.24) is 4.98 Å². The number of aromatic nitrogens is 1. The van der Waals surface area contributed by atoms with Crippen molar-refractivity contribution in [1.29, 1.82) is 0 Å². The number of rotatable bonds is 3. The second kappa shape index (κ2) is 6.71. The molecular formula is C17H13Cl2N3S. The van der Waals surface area contributed by atoms with Crippen LogP contribution in [0.25, 0.3) is 10.9 Å². The summed E-state index contributed by atoms with van der Waals surface area (Å²) in [5.74, 6) is 0. The van der Waals surface area contributed by atoms with Crippen LogP contribution >= 0.6 is 35.4 Å². The smallest absolute Gasteiger partial charge is 0.171 e. The summed E-state index contributed by atoms with van der Waals surface area (Å²) < 4.78 is 0. The third-order valence-corrected chi connectivity index (χ3v) is 4.28. The van der Waals surface area contributed by atoms with Gasteiger partial charge < -0.3 is 10.6 Å². The lowest BCUT2D eigenvalue weighted by Gasteiger charge is -2.23. The molecule has 0 radical (unpaired) electrons. The Morgan fingerprint density at radius 1 is 1.09 bits per heavy atom. The summed E-state index contributed by atoms with van der Waals surface area (Å²) in [5, 5.41) is 2.38. The molecular weight excluding hydrogens is 349 g/mol. The average molecular weight is 362 g/mol. The van der Waals surface area contributed by atoms with Crippen LogP contribution in [0.1, 0.15) is 5.56 Å².